The van der Waals surface area contributed by atoms with Crippen molar-refractivity contribution in [2.75, 3.05) is 16.4 Å². The van der Waals surface area contributed by atoms with Gasteiger partial charge in [0.2, 0.25) is 17.0 Å². The summed E-state index contributed by atoms with van der Waals surface area (Å²) in [6, 6.07) is 15.1. The van der Waals surface area contributed by atoms with Crippen molar-refractivity contribution in [1.29, 1.82) is 0 Å². The van der Waals surface area contributed by atoms with Gasteiger partial charge in [-0.2, -0.15) is 4.68 Å². The predicted molar refractivity (Wildman–Crippen MR) is 118 cm³/mol. The van der Waals surface area contributed by atoms with Crippen molar-refractivity contribution in [2.45, 2.75) is 38.3 Å². The molecule has 3 rings (SSSR count). The summed E-state index contributed by atoms with van der Waals surface area (Å²) in [5, 5.41) is 17.9. The number of tetrazole rings is 1. The zero-order chi connectivity index (χ0) is 21.3. The van der Waals surface area contributed by atoms with Crippen molar-refractivity contribution in [3.8, 4) is 5.69 Å². The highest BCUT2D eigenvalue weighted by Crippen LogP contribution is 2.20. The number of hydrogen-bond donors (Lipinski definition) is 2. The third-order valence-corrected chi connectivity index (χ3v) is 5.16. The first-order chi connectivity index (χ1) is 14.5. The molecule has 1 heterocycles. The van der Waals surface area contributed by atoms with Crippen molar-refractivity contribution in [3.05, 3.63) is 54.1 Å². The summed E-state index contributed by atoms with van der Waals surface area (Å²) in [7, 11) is 0. The SMILES string of the molecule is CCCCc1ccc(-n2nnnc2SCC(=O)Nc2cccc(NC(C)=O)c2)cc1. The van der Waals surface area contributed by atoms with Crippen molar-refractivity contribution < 1.29 is 9.59 Å². The molecule has 8 nitrogen and oxygen atoms in total. The molecule has 156 valence electrons. The van der Waals surface area contributed by atoms with Crippen LogP contribution in [0.3, 0.4) is 0 Å². The highest BCUT2D eigenvalue weighted by molar-refractivity contribution is 7.99. The standard InChI is InChI=1S/C21H24N6O2S/c1-3-4-6-16-9-11-19(12-10-16)27-21(24-25-26-27)30-14-20(29)23-18-8-5-7-17(13-18)22-15(2)28/h5,7-13H,3-4,6,14H2,1-2H3,(H,22,28)(H,23,29). The molecule has 0 fully saturated rings. The summed E-state index contributed by atoms with van der Waals surface area (Å²) in [5.74, 6) is -0.206. The molecule has 0 aliphatic heterocycles. The zero-order valence-electron chi connectivity index (χ0n) is 17.0. The molecule has 0 saturated carbocycles. The van der Waals surface area contributed by atoms with Gasteiger partial charge < -0.3 is 10.6 Å². The Morgan fingerprint density at radius 2 is 1.80 bits per heavy atom. The fourth-order valence-corrected chi connectivity index (χ4v) is 3.51. The second kappa shape index (κ2) is 10.5. The fraction of sp³-hybridized carbons (Fsp3) is 0.286. The molecular formula is C21H24N6O2S. The first-order valence-electron chi connectivity index (χ1n) is 9.73. The molecule has 0 unspecified atom stereocenters. The van der Waals surface area contributed by atoms with Gasteiger partial charge >= 0.3 is 0 Å². The maximum atomic E-state index is 12.3. The number of aromatic nitrogens is 4. The minimum Gasteiger partial charge on any atom is -0.326 e. The van der Waals surface area contributed by atoms with E-state index < -0.39 is 0 Å². The normalized spacial score (nSPS) is 10.6. The number of hydrogen-bond acceptors (Lipinski definition) is 6. The van der Waals surface area contributed by atoms with E-state index in [0.29, 0.717) is 16.5 Å². The highest BCUT2D eigenvalue weighted by atomic mass is 32.2. The van der Waals surface area contributed by atoms with Crippen LogP contribution >= 0.6 is 11.8 Å². The van der Waals surface area contributed by atoms with Crippen molar-refractivity contribution in [1.82, 2.24) is 20.2 Å². The number of benzene rings is 2. The molecule has 0 aliphatic carbocycles. The molecule has 9 heteroatoms. The van der Waals surface area contributed by atoms with Crippen molar-refractivity contribution in [3.63, 3.8) is 0 Å². The molecule has 1 aromatic heterocycles. The molecule has 0 saturated heterocycles. The lowest BCUT2D eigenvalue weighted by atomic mass is 10.1. The van der Waals surface area contributed by atoms with Gasteiger partial charge in [0, 0.05) is 18.3 Å². The number of nitrogens with zero attached hydrogens (tertiary/aromatic N) is 4. The Bertz CT molecular complexity index is 1000. The molecule has 30 heavy (non-hydrogen) atoms. The van der Waals surface area contributed by atoms with E-state index in [9.17, 15) is 9.59 Å². The Balaban J connectivity index is 1.59. The van der Waals surface area contributed by atoms with Crippen LogP contribution in [-0.4, -0.2) is 37.8 Å². The monoisotopic (exact) mass is 424 g/mol. The van der Waals surface area contributed by atoms with Crippen LogP contribution in [0.4, 0.5) is 11.4 Å². The minimum absolute atomic E-state index is 0.152. The molecule has 0 aliphatic rings. The Morgan fingerprint density at radius 3 is 2.50 bits per heavy atom. The average molecular weight is 425 g/mol. The van der Waals surface area contributed by atoms with E-state index >= 15 is 0 Å². The topological polar surface area (TPSA) is 102 Å². The van der Waals surface area contributed by atoms with Crippen LogP contribution in [0.5, 0.6) is 0 Å². The Kier molecular flexibility index (Phi) is 7.56. The van der Waals surface area contributed by atoms with Crippen LogP contribution in [0.1, 0.15) is 32.3 Å². The summed E-state index contributed by atoms with van der Waals surface area (Å²) in [6.07, 6.45) is 3.38. The lowest BCUT2D eigenvalue weighted by Crippen LogP contribution is -2.15. The molecule has 2 N–H and O–H groups in total. The van der Waals surface area contributed by atoms with Crippen LogP contribution in [0, 0.1) is 0 Å². The molecule has 0 bridgehead atoms. The average Bonchev–Trinajstić information content (AvgIpc) is 3.19. The maximum Gasteiger partial charge on any atom is 0.234 e. The third-order valence-electron chi connectivity index (χ3n) is 4.24. The molecule has 3 aromatic rings. The quantitative estimate of drug-likeness (QED) is 0.508. The van der Waals surface area contributed by atoms with Crippen molar-refractivity contribution in [2.24, 2.45) is 0 Å². The van der Waals surface area contributed by atoms with Gasteiger partial charge in [0.1, 0.15) is 0 Å². The number of amides is 2. The largest absolute Gasteiger partial charge is 0.326 e. The summed E-state index contributed by atoms with van der Waals surface area (Å²) in [4.78, 5) is 23.5. The summed E-state index contributed by atoms with van der Waals surface area (Å²) < 4.78 is 1.62. The smallest absolute Gasteiger partial charge is 0.234 e. The second-order valence-electron chi connectivity index (χ2n) is 6.74. The predicted octanol–water partition coefficient (Wildman–Crippen LogP) is 3.69. The van der Waals surface area contributed by atoms with Crippen LogP contribution in [0.25, 0.3) is 5.69 Å². The Morgan fingerprint density at radius 1 is 1.07 bits per heavy atom. The first kappa shape index (κ1) is 21.5. The number of carbonyl (C=O) groups is 2. The maximum absolute atomic E-state index is 12.3. The number of aryl methyl sites for hydroxylation is 1. The van der Waals surface area contributed by atoms with Crippen LogP contribution in [-0.2, 0) is 16.0 Å². The van der Waals surface area contributed by atoms with E-state index in [4.69, 9.17) is 0 Å². The number of unbranched alkanes of at least 4 members (excludes halogenated alkanes) is 1. The van der Waals surface area contributed by atoms with E-state index in [2.05, 4.69) is 45.2 Å². The van der Waals surface area contributed by atoms with E-state index in [1.165, 1.54) is 24.2 Å². The van der Waals surface area contributed by atoms with E-state index in [-0.39, 0.29) is 17.6 Å². The molecule has 0 spiro atoms. The fourth-order valence-electron chi connectivity index (χ4n) is 2.82. The highest BCUT2D eigenvalue weighted by Gasteiger charge is 2.12. The summed E-state index contributed by atoms with van der Waals surface area (Å²) in [5.41, 5.74) is 3.36. The third kappa shape index (κ3) is 6.15. The van der Waals surface area contributed by atoms with Gasteiger partial charge in [-0.05, 0) is 59.2 Å². The first-order valence-corrected chi connectivity index (χ1v) is 10.7. The number of rotatable bonds is 9. The van der Waals surface area contributed by atoms with Gasteiger partial charge in [-0.3, -0.25) is 9.59 Å². The van der Waals surface area contributed by atoms with E-state index in [1.54, 1.807) is 28.9 Å². The summed E-state index contributed by atoms with van der Waals surface area (Å²) in [6.45, 7) is 3.61. The van der Waals surface area contributed by atoms with Crippen LogP contribution in [0.15, 0.2) is 53.7 Å². The molecule has 2 amide bonds. The van der Waals surface area contributed by atoms with Crippen LogP contribution in [0.2, 0.25) is 0 Å². The zero-order valence-corrected chi connectivity index (χ0v) is 17.8. The number of nitrogens with one attached hydrogen (secondary N) is 2. The number of anilines is 2. The Labute approximate surface area is 179 Å². The summed E-state index contributed by atoms with van der Waals surface area (Å²) >= 11 is 1.25. The minimum atomic E-state index is -0.190. The molecule has 2 aromatic carbocycles. The van der Waals surface area contributed by atoms with Gasteiger partial charge in [0.15, 0.2) is 0 Å². The lowest BCUT2D eigenvalue weighted by Gasteiger charge is -2.08. The van der Waals surface area contributed by atoms with Crippen molar-refractivity contribution >= 4 is 35.0 Å². The second-order valence-corrected chi connectivity index (χ2v) is 7.68. The van der Waals surface area contributed by atoms with Gasteiger partial charge in [-0.25, -0.2) is 0 Å². The van der Waals surface area contributed by atoms with Gasteiger partial charge in [0.25, 0.3) is 0 Å². The van der Waals surface area contributed by atoms with Crippen LogP contribution < -0.4 is 10.6 Å². The lowest BCUT2D eigenvalue weighted by molar-refractivity contribution is -0.114. The van der Waals surface area contributed by atoms with Gasteiger partial charge in [0.05, 0.1) is 11.4 Å². The van der Waals surface area contributed by atoms with Gasteiger partial charge in [-0.1, -0.05) is 43.3 Å². The van der Waals surface area contributed by atoms with E-state index in [1.807, 2.05) is 12.1 Å². The number of thioether (sulfide) groups is 1. The van der Waals surface area contributed by atoms with E-state index in [0.717, 1.165) is 24.9 Å². The van der Waals surface area contributed by atoms with Gasteiger partial charge in [-0.15, -0.1) is 5.10 Å². The number of carbonyl (C=O) groups excluding carboxylic acids is 2. The molecule has 0 atom stereocenters. The molecular weight excluding hydrogens is 400 g/mol. The Hall–Kier alpha value is -3.20. The molecule has 0 radical (unpaired) electrons.